The van der Waals surface area contributed by atoms with Gasteiger partial charge >= 0.3 is 6.09 Å². The first-order chi connectivity index (χ1) is 16.7. The third kappa shape index (κ3) is 5.19. The van der Waals surface area contributed by atoms with Crippen LogP contribution in [0, 0.1) is 6.92 Å². The molecular weight excluding hydrogens is 442 g/mol. The largest absolute Gasteiger partial charge is 0.488 e. The molecule has 0 bridgehead atoms. The van der Waals surface area contributed by atoms with Crippen molar-refractivity contribution in [2.75, 3.05) is 12.0 Å². The number of amides is 1. The number of carbonyl (C=O) groups is 1. The molecule has 0 atom stereocenters. The number of carbonyl (C=O) groups excluding carboxylic acids is 1. The van der Waals surface area contributed by atoms with Gasteiger partial charge in [0.2, 0.25) is 0 Å². The second-order valence-corrected chi connectivity index (χ2v) is 9.35. The maximum absolute atomic E-state index is 12.7. The van der Waals surface area contributed by atoms with Crippen LogP contribution in [0.15, 0.2) is 77.7 Å². The van der Waals surface area contributed by atoms with E-state index in [0.29, 0.717) is 29.4 Å². The average molecular weight is 472 g/mol. The van der Waals surface area contributed by atoms with Crippen LogP contribution in [-0.4, -0.2) is 28.3 Å². The molecule has 0 saturated carbocycles. The summed E-state index contributed by atoms with van der Waals surface area (Å²) in [5.74, 6) is 0.968. The molecule has 0 radical (unpaired) electrons. The predicted octanol–water partition coefficient (Wildman–Crippen LogP) is 5.64. The van der Waals surface area contributed by atoms with Gasteiger partial charge in [-0.05, 0) is 57.0 Å². The Morgan fingerprint density at radius 1 is 1.03 bits per heavy atom. The summed E-state index contributed by atoms with van der Waals surface area (Å²) < 4.78 is 12.9. The molecule has 7 nitrogen and oxygen atoms in total. The van der Waals surface area contributed by atoms with Crippen LogP contribution in [0.5, 0.6) is 5.75 Å². The summed E-state index contributed by atoms with van der Waals surface area (Å²) in [5.41, 5.74) is 2.59. The Morgan fingerprint density at radius 3 is 2.46 bits per heavy atom. The van der Waals surface area contributed by atoms with Gasteiger partial charge in [-0.25, -0.2) is 9.78 Å². The number of nitrogens with zero attached hydrogens (tertiary/aromatic N) is 3. The maximum atomic E-state index is 12.7. The number of rotatable bonds is 5. The SMILES string of the molecule is COC(=O)N(c1cc(OCc2ccccc2)c2cc(-n3cc(C)ccc3=O)ccc2n1)C(C)(C)C. The third-order valence-corrected chi connectivity index (χ3v) is 5.57. The van der Waals surface area contributed by atoms with Gasteiger partial charge in [-0.2, -0.15) is 0 Å². The van der Waals surface area contributed by atoms with Gasteiger partial charge in [0.1, 0.15) is 18.2 Å². The van der Waals surface area contributed by atoms with Crippen molar-refractivity contribution >= 4 is 22.8 Å². The summed E-state index contributed by atoms with van der Waals surface area (Å²) in [5, 5.41) is 0.731. The van der Waals surface area contributed by atoms with Crippen LogP contribution in [-0.2, 0) is 11.3 Å². The molecule has 2 heterocycles. The molecule has 0 saturated heterocycles. The van der Waals surface area contributed by atoms with E-state index in [4.69, 9.17) is 14.5 Å². The standard InChI is InChI=1S/C28H29N3O4/c1-19-11-14-26(32)30(17-19)21-12-13-23-22(15-21)24(35-18-20-9-7-6-8-10-20)16-25(29-23)31(27(33)34-5)28(2,3)4/h6-17H,18H2,1-5H3. The molecule has 7 heteroatoms. The summed E-state index contributed by atoms with van der Waals surface area (Å²) in [7, 11) is 1.35. The highest BCUT2D eigenvalue weighted by atomic mass is 16.5. The minimum Gasteiger partial charge on any atom is -0.488 e. The van der Waals surface area contributed by atoms with Gasteiger partial charge in [-0.1, -0.05) is 36.4 Å². The smallest absolute Gasteiger partial charge is 0.415 e. The van der Waals surface area contributed by atoms with E-state index in [0.717, 1.165) is 16.5 Å². The van der Waals surface area contributed by atoms with Gasteiger partial charge in [0, 0.05) is 34.9 Å². The van der Waals surface area contributed by atoms with Gasteiger partial charge in [0.05, 0.1) is 12.6 Å². The van der Waals surface area contributed by atoms with Crippen molar-refractivity contribution < 1.29 is 14.3 Å². The number of benzene rings is 2. The van der Waals surface area contributed by atoms with Gasteiger partial charge in [0.15, 0.2) is 0 Å². The summed E-state index contributed by atoms with van der Waals surface area (Å²) in [6, 6.07) is 20.5. The van der Waals surface area contributed by atoms with Crippen LogP contribution >= 0.6 is 0 Å². The molecule has 0 aliphatic rings. The Labute approximate surface area is 204 Å². The summed E-state index contributed by atoms with van der Waals surface area (Å²) >= 11 is 0. The topological polar surface area (TPSA) is 73.7 Å². The lowest BCUT2D eigenvalue weighted by atomic mass is 10.1. The van der Waals surface area contributed by atoms with Crippen molar-refractivity contribution in [2.24, 2.45) is 0 Å². The van der Waals surface area contributed by atoms with Crippen LogP contribution in [0.1, 0.15) is 31.9 Å². The number of fused-ring (bicyclic) bond motifs is 1. The molecule has 0 N–H and O–H groups in total. The average Bonchev–Trinajstić information content (AvgIpc) is 2.83. The molecule has 0 spiro atoms. The number of pyridine rings is 2. The fourth-order valence-corrected chi connectivity index (χ4v) is 3.89. The van der Waals surface area contributed by atoms with E-state index < -0.39 is 11.6 Å². The quantitative estimate of drug-likeness (QED) is 0.376. The fraction of sp³-hybridized carbons (Fsp3) is 0.250. The first-order valence-electron chi connectivity index (χ1n) is 11.4. The zero-order valence-corrected chi connectivity index (χ0v) is 20.6. The van der Waals surface area contributed by atoms with Crippen molar-refractivity contribution in [1.82, 2.24) is 9.55 Å². The Balaban J connectivity index is 1.88. The number of aromatic nitrogens is 2. The zero-order valence-electron chi connectivity index (χ0n) is 20.6. The lowest BCUT2D eigenvalue weighted by Gasteiger charge is -2.33. The summed E-state index contributed by atoms with van der Waals surface area (Å²) in [6.07, 6.45) is 1.29. The normalized spacial score (nSPS) is 11.3. The molecule has 0 aliphatic heterocycles. The Morgan fingerprint density at radius 2 is 1.77 bits per heavy atom. The Bertz CT molecular complexity index is 1420. The Kier molecular flexibility index (Phi) is 6.60. The van der Waals surface area contributed by atoms with Gasteiger partial charge in [-0.3, -0.25) is 14.3 Å². The molecule has 0 aliphatic carbocycles. The predicted molar refractivity (Wildman–Crippen MR) is 137 cm³/mol. The summed E-state index contributed by atoms with van der Waals surface area (Å²) in [6.45, 7) is 8.00. The van der Waals surface area contributed by atoms with E-state index in [-0.39, 0.29) is 5.56 Å². The molecule has 2 aromatic heterocycles. The highest BCUT2D eigenvalue weighted by Gasteiger charge is 2.31. The maximum Gasteiger partial charge on any atom is 0.415 e. The highest BCUT2D eigenvalue weighted by molar-refractivity contribution is 5.93. The van der Waals surface area contributed by atoms with Crippen LogP contribution in [0.3, 0.4) is 0 Å². The number of methoxy groups -OCH3 is 1. The molecular formula is C28H29N3O4. The Hall–Kier alpha value is -4.13. The lowest BCUT2D eigenvalue weighted by molar-refractivity contribution is 0.172. The van der Waals surface area contributed by atoms with Gasteiger partial charge < -0.3 is 9.47 Å². The van der Waals surface area contributed by atoms with Crippen LogP contribution in [0.25, 0.3) is 16.6 Å². The number of aryl methyl sites for hydroxylation is 1. The first-order valence-corrected chi connectivity index (χ1v) is 11.4. The van der Waals surface area contributed by atoms with E-state index >= 15 is 0 Å². The second kappa shape index (κ2) is 9.62. The van der Waals surface area contributed by atoms with E-state index in [1.807, 2.05) is 76.2 Å². The molecule has 0 unspecified atom stereocenters. The molecule has 4 aromatic rings. The van der Waals surface area contributed by atoms with E-state index in [2.05, 4.69) is 0 Å². The number of ether oxygens (including phenoxy) is 2. The molecule has 35 heavy (non-hydrogen) atoms. The second-order valence-electron chi connectivity index (χ2n) is 9.35. The molecule has 4 rings (SSSR count). The molecule has 180 valence electrons. The van der Waals surface area contributed by atoms with Crippen LogP contribution < -0.4 is 15.2 Å². The number of anilines is 1. The van der Waals surface area contributed by atoms with E-state index in [1.54, 1.807) is 29.0 Å². The molecule has 2 aromatic carbocycles. The fourth-order valence-electron chi connectivity index (χ4n) is 3.89. The minimum atomic E-state index is -0.584. The van der Waals surface area contributed by atoms with Crippen molar-refractivity contribution in [2.45, 2.75) is 39.8 Å². The number of hydrogen-bond acceptors (Lipinski definition) is 5. The minimum absolute atomic E-state index is 0.129. The van der Waals surface area contributed by atoms with Crippen molar-refractivity contribution in [3.05, 3.63) is 94.4 Å². The summed E-state index contributed by atoms with van der Waals surface area (Å²) in [4.78, 5) is 31.5. The molecule has 1 amide bonds. The van der Waals surface area contributed by atoms with Crippen molar-refractivity contribution in [1.29, 1.82) is 0 Å². The van der Waals surface area contributed by atoms with E-state index in [9.17, 15) is 9.59 Å². The molecule has 0 fully saturated rings. The van der Waals surface area contributed by atoms with Gasteiger partial charge in [0.25, 0.3) is 5.56 Å². The third-order valence-electron chi connectivity index (χ3n) is 5.57. The van der Waals surface area contributed by atoms with Crippen LogP contribution in [0.2, 0.25) is 0 Å². The van der Waals surface area contributed by atoms with Crippen molar-refractivity contribution in [3.8, 4) is 11.4 Å². The monoisotopic (exact) mass is 471 g/mol. The number of hydrogen-bond donors (Lipinski definition) is 0. The van der Waals surface area contributed by atoms with Crippen LogP contribution in [0.4, 0.5) is 10.6 Å². The lowest BCUT2D eigenvalue weighted by Crippen LogP contribution is -2.46. The van der Waals surface area contributed by atoms with Gasteiger partial charge in [-0.15, -0.1) is 0 Å². The van der Waals surface area contributed by atoms with Crippen molar-refractivity contribution in [3.63, 3.8) is 0 Å². The van der Waals surface area contributed by atoms with E-state index in [1.165, 1.54) is 12.0 Å². The highest BCUT2D eigenvalue weighted by Crippen LogP contribution is 2.34. The first kappa shape index (κ1) is 24.0. The zero-order chi connectivity index (χ0) is 25.2.